The molecule has 1 aliphatic carbocycles. The molecule has 0 spiro atoms. The molecule has 28 heavy (non-hydrogen) atoms. The zero-order valence-corrected chi connectivity index (χ0v) is 16.3. The molecule has 0 bridgehead atoms. The summed E-state index contributed by atoms with van der Waals surface area (Å²) in [6.07, 6.45) is 6.58. The Labute approximate surface area is 166 Å². The molecular formula is C22H30N4O2. The summed E-state index contributed by atoms with van der Waals surface area (Å²) in [5.41, 5.74) is 1.32. The van der Waals surface area contributed by atoms with Gasteiger partial charge in [0, 0.05) is 31.4 Å². The molecule has 1 saturated heterocycles. The monoisotopic (exact) mass is 382 g/mol. The van der Waals surface area contributed by atoms with E-state index in [2.05, 4.69) is 39.6 Å². The Morgan fingerprint density at radius 3 is 2.64 bits per heavy atom. The minimum Gasteiger partial charge on any atom is -0.391 e. The Kier molecular flexibility index (Phi) is 6.07. The van der Waals surface area contributed by atoms with Gasteiger partial charge in [0.2, 0.25) is 5.91 Å². The van der Waals surface area contributed by atoms with Crippen LogP contribution in [0.3, 0.4) is 0 Å². The maximum absolute atomic E-state index is 12.7. The van der Waals surface area contributed by atoms with E-state index in [-0.39, 0.29) is 17.9 Å². The van der Waals surface area contributed by atoms with Crippen molar-refractivity contribution in [3.8, 4) is 0 Å². The summed E-state index contributed by atoms with van der Waals surface area (Å²) in [5, 5.41) is 17.8. The molecule has 0 radical (unpaired) electrons. The molecule has 150 valence electrons. The highest BCUT2D eigenvalue weighted by Gasteiger charge is 2.36. The SMILES string of the molecule is O=C(N[C@@H]1CC(Cn2cccn2)C[C@H]1O)C1CCN(Cc2ccccc2)CC1. The van der Waals surface area contributed by atoms with Crippen LogP contribution in [0.5, 0.6) is 0 Å². The molecule has 1 aromatic heterocycles. The van der Waals surface area contributed by atoms with E-state index in [4.69, 9.17) is 0 Å². The number of nitrogens with zero attached hydrogens (tertiary/aromatic N) is 3. The third-order valence-electron chi connectivity index (χ3n) is 6.17. The number of carbonyl (C=O) groups is 1. The Bertz CT molecular complexity index is 741. The quantitative estimate of drug-likeness (QED) is 0.802. The number of aromatic nitrogens is 2. The van der Waals surface area contributed by atoms with E-state index in [0.717, 1.165) is 51.9 Å². The minimum atomic E-state index is -0.456. The lowest BCUT2D eigenvalue weighted by molar-refractivity contribution is -0.127. The summed E-state index contributed by atoms with van der Waals surface area (Å²) in [7, 11) is 0. The molecule has 2 fully saturated rings. The van der Waals surface area contributed by atoms with Crippen LogP contribution in [0.2, 0.25) is 0 Å². The lowest BCUT2D eigenvalue weighted by Gasteiger charge is -2.32. The number of amides is 1. The molecule has 1 aromatic carbocycles. The average molecular weight is 383 g/mol. The van der Waals surface area contributed by atoms with Crippen molar-refractivity contribution in [2.75, 3.05) is 13.1 Å². The van der Waals surface area contributed by atoms with Crippen molar-refractivity contribution in [2.24, 2.45) is 11.8 Å². The minimum absolute atomic E-state index is 0.0596. The fourth-order valence-corrected chi connectivity index (χ4v) is 4.59. The summed E-state index contributed by atoms with van der Waals surface area (Å²) >= 11 is 0. The van der Waals surface area contributed by atoms with E-state index < -0.39 is 6.10 Å². The first kappa shape index (κ1) is 19.2. The highest BCUT2D eigenvalue weighted by Crippen LogP contribution is 2.28. The van der Waals surface area contributed by atoms with Crippen molar-refractivity contribution >= 4 is 5.91 Å². The molecule has 2 aromatic rings. The number of hydrogen-bond donors (Lipinski definition) is 2. The molecule has 1 unspecified atom stereocenters. The molecule has 6 nitrogen and oxygen atoms in total. The topological polar surface area (TPSA) is 70.4 Å². The second kappa shape index (κ2) is 8.88. The van der Waals surface area contributed by atoms with E-state index in [1.807, 2.05) is 23.0 Å². The smallest absolute Gasteiger partial charge is 0.223 e. The summed E-state index contributed by atoms with van der Waals surface area (Å²) in [6.45, 7) is 3.64. The van der Waals surface area contributed by atoms with Crippen LogP contribution in [0.25, 0.3) is 0 Å². The van der Waals surface area contributed by atoms with Gasteiger partial charge in [0.1, 0.15) is 0 Å². The maximum Gasteiger partial charge on any atom is 0.223 e. The Morgan fingerprint density at radius 1 is 1.14 bits per heavy atom. The van der Waals surface area contributed by atoms with Gasteiger partial charge in [0.15, 0.2) is 0 Å². The van der Waals surface area contributed by atoms with Gasteiger partial charge in [-0.05, 0) is 56.3 Å². The molecule has 1 aliphatic heterocycles. The normalized spacial score (nSPS) is 26.4. The van der Waals surface area contributed by atoms with Gasteiger partial charge >= 0.3 is 0 Å². The Hall–Kier alpha value is -2.18. The fourth-order valence-electron chi connectivity index (χ4n) is 4.59. The summed E-state index contributed by atoms with van der Waals surface area (Å²) in [5.74, 6) is 0.528. The van der Waals surface area contributed by atoms with Gasteiger partial charge in [-0.15, -0.1) is 0 Å². The first-order valence-corrected chi connectivity index (χ1v) is 10.4. The highest BCUT2D eigenvalue weighted by atomic mass is 16.3. The molecule has 1 saturated carbocycles. The van der Waals surface area contributed by atoms with Crippen molar-refractivity contribution in [2.45, 2.75) is 50.9 Å². The third-order valence-corrected chi connectivity index (χ3v) is 6.17. The number of aliphatic hydroxyl groups is 1. The van der Waals surface area contributed by atoms with Crippen molar-refractivity contribution in [3.05, 3.63) is 54.4 Å². The zero-order chi connectivity index (χ0) is 19.3. The van der Waals surface area contributed by atoms with Gasteiger partial charge < -0.3 is 10.4 Å². The van der Waals surface area contributed by atoms with Crippen LogP contribution in [0.1, 0.15) is 31.2 Å². The lowest BCUT2D eigenvalue weighted by Crippen LogP contribution is -2.46. The average Bonchev–Trinajstić information content (AvgIpc) is 3.33. The van der Waals surface area contributed by atoms with Crippen LogP contribution in [-0.4, -0.2) is 50.9 Å². The Balaban J connectivity index is 1.22. The van der Waals surface area contributed by atoms with Crippen LogP contribution in [-0.2, 0) is 17.9 Å². The van der Waals surface area contributed by atoms with Crippen molar-refractivity contribution in [1.82, 2.24) is 20.0 Å². The standard InChI is InChI=1S/C22H30N4O2/c27-21-14-18(16-26-10-4-9-23-26)13-20(21)24-22(28)19-7-11-25(12-8-19)15-17-5-2-1-3-6-17/h1-6,9-10,18-21,27H,7-8,11-16H2,(H,24,28)/t18?,20-,21-/m1/s1. The molecule has 2 N–H and O–H groups in total. The van der Waals surface area contributed by atoms with Gasteiger partial charge in [-0.1, -0.05) is 30.3 Å². The summed E-state index contributed by atoms with van der Waals surface area (Å²) < 4.78 is 1.91. The van der Waals surface area contributed by atoms with E-state index >= 15 is 0 Å². The molecule has 1 amide bonds. The number of carbonyl (C=O) groups excluding carboxylic acids is 1. The molecular weight excluding hydrogens is 352 g/mol. The maximum atomic E-state index is 12.7. The van der Waals surface area contributed by atoms with Crippen LogP contribution >= 0.6 is 0 Å². The van der Waals surface area contributed by atoms with Crippen LogP contribution in [0.4, 0.5) is 0 Å². The molecule has 3 atom stereocenters. The molecule has 2 heterocycles. The summed E-state index contributed by atoms with van der Waals surface area (Å²) in [6, 6.07) is 12.3. The number of likely N-dealkylation sites (tertiary alicyclic amines) is 1. The summed E-state index contributed by atoms with van der Waals surface area (Å²) in [4.78, 5) is 15.2. The number of hydrogen-bond acceptors (Lipinski definition) is 4. The second-order valence-corrected chi connectivity index (χ2v) is 8.28. The molecule has 4 rings (SSSR count). The van der Waals surface area contributed by atoms with Crippen LogP contribution < -0.4 is 5.32 Å². The first-order valence-electron chi connectivity index (χ1n) is 10.4. The predicted molar refractivity (Wildman–Crippen MR) is 107 cm³/mol. The largest absolute Gasteiger partial charge is 0.391 e. The third kappa shape index (κ3) is 4.80. The van der Waals surface area contributed by atoms with E-state index in [1.54, 1.807) is 6.20 Å². The Morgan fingerprint density at radius 2 is 1.93 bits per heavy atom. The van der Waals surface area contributed by atoms with Crippen molar-refractivity contribution in [3.63, 3.8) is 0 Å². The fraction of sp³-hybridized carbons (Fsp3) is 0.545. The van der Waals surface area contributed by atoms with Gasteiger partial charge in [-0.2, -0.15) is 5.10 Å². The number of rotatable bonds is 6. The van der Waals surface area contributed by atoms with Gasteiger partial charge in [-0.3, -0.25) is 14.4 Å². The van der Waals surface area contributed by atoms with Crippen LogP contribution in [0, 0.1) is 11.8 Å². The van der Waals surface area contributed by atoms with E-state index in [0.29, 0.717) is 5.92 Å². The number of aliphatic hydroxyl groups excluding tert-OH is 1. The number of nitrogens with one attached hydrogen (secondary N) is 1. The first-order chi connectivity index (χ1) is 13.7. The van der Waals surface area contributed by atoms with E-state index in [1.165, 1.54) is 5.56 Å². The highest BCUT2D eigenvalue weighted by molar-refractivity contribution is 5.79. The van der Waals surface area contributed by atoms with Gasteiger partial charge in [-0.25, -0.2) is 0 Å². The molecule has 2 aliphatic rings. The van der Waals surface area contributed by atoms with Crippen molar-refractivity contribution < 1.29 is 9.90 Å². The van der Waals surface area contributed by atoms with Crippen LogP contribution in [0.15, 0.2) is 48.8 Å². The van der Waals surface area contributed by atoms with Crippen molar-refractivity contribution in [1.29, 1.82) is 0 Å². The zero-order valence-electron chi connectivity index (χ0n) is 16.3. The van der Waals surface area contributed by atoms with Gasteiger partial charge in [0.25, 0.3) is 0 Å². The number of benzene rings is 1. The number of piperidine rings is 1. The van der Waals surface area contributed by atoms with E-state index in [9.17, 15) is 9.90 Å². The lowest BCUT2D eigenvalue weighted by atomic mass is 9.95. The molecule has 6 heteroatoms. The second-order valence-electron chi connectivity index (χ2n) is 8.28. The van der Waals surface area contributed by atoms with Gasteiger partial charge in [0.05, 0.1) is 12.1 Å². The predicted octanol–water partition coefficient (Wildman–Crippen LogP) is 2.05.